The first-order chi connectivity index (χ1) is 11.4. The summed E-state index contributed by atoms with van der Waals surface area (Å²) in [6.45, 7) is 1.48. The van der Waals surface area contributed by atoms with Gasteiger partial charge in [0.05, 0.1) is 0 Å². The zero-order valence-electron chi connectivity index (χ0n) is 12.7. The number of amides is 3. The van der Waals surface area contributed by atoms with Gasteiger partial charge in [0.15, 0.2) is 5.78 Å². The number of rotatable bonds is 4. The van der Waals surface area contributed by atoms with Crippen LogP contribution in [0.25, 0.3) is 17.4 Å². The molecule has 0 aliphatic rings. The molecular formula is C17H13N3O4. The zero-order valence-corrected chi connectivity index (χ0v) is 12.7. The molecule has 0 saturated carbocycles. The molecule has 120 valence electrons. The Bertz CT molecular complexity index is 870. The van der Waals surface area contributed by atoms with E-state index in [1.54, 1.807) is 47.8 Å². The number of benzene rings is 1. The first kappa shape index (κ1) is 16.7. The van der Waals surface area contributed by atoms with Crippen molar-refractivity contribution in [1.29, 1.82) is 5.26 Å². The second-order valence-electron chi connectivity index (χ2n) is 4.82. The maximum Gasteiger partial charge on any atom is 0.319 e. The van der Waals surface area contributed by atoms with E-state index in [1.807, 2.05) is 0 Å². The first-order valence-electron chi connectivity index (χ1n) is 6.84. The van der Waals surface area contributed by atoms with Crippen LogP contribution < -0.4 is 11.1 Å². The molecule has 1 heterocycles. The van der Waals surface area contributed by atoms with Crippen LogP contribution in [0.5, 0.6) is 0 Å². The number of hydrogen-bond acceptors (Lipinski definition) is 5. The Hall–Kier alpha value is -3.66. The minimum absolute atomic E-state index is 0.0382. The van der Waals surface area contributed by atoms with E-state index in [0.29, 0.717) is 11.3 Å². The van der Waals surface area contributed by atoms with E-state index < -0.39 is 11.9 Å². The van der Waals surface area contributed by atoms with Crippen LogP contribution in [-0.2, 0) is 4.79 Å². The van der Waals surface area contributed by atoms with Crippen LogP contribution >= 0.6 is 0 Å². The Morgan fingerprint density at radius 2 is 1.83 bits per heavy atom. The van der Waals surface area contributed by atoms with Gasteiger partial charge in [0.25, 0.3) is 5.91 Å². The quantitative estimate of drug-likeness (QED) is 0.507. The van der Waals surface area contributed by atoms with Crippen LogP contribution in [0.15, 0.2) is 46.4 Å². The van der Waals surface area contributed by atoms with E-state index in [-0.39, 0.29) is 17.1 Å². The molecule has 0 bridgehead atoms. The number of imide groups is 1. The lowest BCUT2D eigenvalue weighted by molar-refractivity contribution is -0.116. The molecule has 0 saturated heterocycles. The fraction of sp³-hybridized carbons (Fsp3) is 0.0588. The predicted octanol–water partition coefficient (Wildman–Crippen LogP) is 2.25. The van der Waals surface area contributed by atoms with E-state index in [1.165, 1.54) is 13.0 Å². The topological polar surface area (TPSA) is 126 Å². The molecule has 24 heavy (non-hydrogen) atoms. The molecule has 0 fully saturated rings. The normalized spacial score (nSPS) is 10.8. The molecule has 3 amide bonds. The molecule has 2 aromatic rings. The van der Waals surface area contributed by atoms with Gasteiger partial charge in [-0.25, -0.2) is 4.79 Å². The zero-order chi connectivity index (χ0) is 17.7. The highest BCUT2D eigenvalue weighted by molar-refractivity contribution is 6.08. The van der Waals surface area contributed by atoms with Crippen LogP contribution in [-0.4, -0.2) is 17.7 Å². The Balaban J connectivity index is 2.25. The molecule has 0 atom stereocenters. The number of Topliss-reactive ketones (excluding diaryl/α,β-unsaturated/α-hetero) is 1. The minimum atomic E-state index is -1.05. The maximum atomic E-state index is 11.6. The van der Waals surface area contributed by atoms with Gasteiger partial charge in [-0.05, 0) is 19.1 Å². The SMILES string of the molecule is CC(=O)c1ccc(-c2ccc(/C=C(/C#N)C(=O)NC(N)=O)o2)cc1. The van der Waals surface area contributed by atoms with Crippen molar-refractivity contribution in [3.63, 3.8) is 0 Å². The summed E-state index contributed by atoms with van der Waals surface area (Å²) in [6.07, 6.45) is 1.20. The number of nitrogens with two attached hydrogens (primary N) is 1. The van der Waals surface area contributed by atoms with Crippen LogP contribution in [0.1, 0.15) is 23.0 Å². The van der Waals surface area contributed by atoms with Crippen LogP contribution in [0, 0.1) is 11.3 Å². The number of urea groups is 1. The van der Waals surface area contributed by atoms with E-state index in [0.717, 1.165) is 5.56 Å². The summed E-state index contributed by atoms with van der Waals surface area (Å²) >= 11 is 0. The van der Waals surface area contributed by atoms with Crippen molar-refractivity contribution in [3.8, 4) is 17.4 Å². The van der Waals surface area contributed by atoms with E-state index >= 15 is 0 Å². The second-order valence-corrected chi connectivity index (χ2v) is 4.82. The fourth-order valence-corrected chi connectivity index (χ4v) is 1.92. The van der Waals surface area contributed by atoms with Crippen LogP contribution in [0.4, 0.5) is 4.79 Å². The summed E-state index contributed by atoms with van der Waals surface area (Å²) in [5, 5.41) is 10.8. The monoisotopic (exact) mass is 323 g/mol. The number of nitrogens with one attached hydrogen (secondary N) is 1. The lowest BCUT2D eigenvalue weighted by Gasteiger charge is -1.99. The highest BCUT2D eigenvalue weighted by Crippen LogP contribution is 2.24. The van der Waals surface area contributed by atoms with Crippen molar-refractivity contribution in [3.05, 3.63) is 53.3 Å². The van der Waals surface area contributed by atoms with Gasteiger partial charge in [0.2, 0.25) is 0 Å². The van der Waals surface area contributed by atoms with Gasteiger partial charge in [0.1, 0.15) is 23.2 Å². The van der Waals surface area contributed by atoms with Gasteiger partial charge in [-0.1, -0.05) is 24.3 Å². The highest BCUT2D eigenvalue weighted by atomic mass is 16.3. The molecule has 0 unspecified atom stereocenters. The lowest BCUT2D eigenvalue weighted by Crippen LogP contribution is -2.35. The molecule has 0 spiro atoms. The standard InChI is InChI=1S/C17H13N3O4/c1-10(21)11-2-4-12(5-3-11)15-7-6-14(24-15)8-13(9-18)16(22)20-17(19)23/h2-8H,1H3,(H3,19,20,22,23)/b13-8-. The number of carbonyl (C=O) groups is 3. The average molecular weight is 323 g/mol. The third-order valence-corrected chi connectivity index (χ3v) is 3.09. The van der Waals surface area contributed by atoms with Crippen molar-refractivity contribution in [2.24, 2.45) is 5.73 Å². The predicted molar refractivity (Wildman–Crippen MR) is 85.5 cm³/mol. The van der Waals surface area contributed by atoms with Crippen molar-refractivity contribution in [2.75, 3.05) is 0 Å². The van der Waals surface area contributed by atoms with Gasteiger partial charge < -0.3 is 10.2 Å². The fourth-order valence-electron chi connectivity index (χ4n) is 1.92. The van der Waals surface area contributed by atoms with Gasteiger partial charge in [0, 0.05) is 17.2 Å². The van der Waals surface area contributed by atoms with Gasteiger partial charge >= 0.3 is 6.03 Å². The molecule has 1 aromatic heterocycles. The van der Waals surface area contributed by atoms with E-state index in [2.05, 4.69) is 0 Å². The summed E-state index contributed by atoms with van der Waals surface area (Å²) in [6, 6.07) is 10.7. The van der Waals surface area contributed by atoms with Gasteiger partial charge in [-0.15, -0.1) is 0 Å². The molecule has 2 rings (SSSR count). The van der Waals surface area contributed by atoms with E-state index in [9.17, 15) is 14.4 Å². The minimum Gasteiger partial charge on any atom is -0.457 e. The molecular weight excluding hydrogens is 310 g/mol. The third kappa shape index (κ3) is 3.96. The summed E-state index contributed by atoms with van der Waals surface area (Å²) in [4.78, 5) is 33.5. The maximum absolute atomic E-state index is 11.6. The smallest absolute Gasteiger partial charge is 0.319 e. The molecule has 0 radical (unpaired) electrons. The lowest BCUT2D eigenvalue weighted by atomic mass is 10.1. The highest BCUT2D eigenvalue weighted by Gasteiger charge is 2.12. The number of primary amides is 1. The molecule has 3 N–H and O–H groups in total. The molecule has 7 nitrogen and oxygen atoms in total. The van der Waals surface area contributed by atoms with Crippen molar-refractivity contribution in [2.45, 2.75) is 6.92 Å². The number of carbonyl (C=O) groups excluding carboxylic acids is 3. The number of hydrogen-bond donors (Lipinski definition) is 2. The molecule has 7 heteroatoms. The van der Waals surface area contributed by atoms with Crippen LogP contribution in [0.2, 0.25) is 0 Å². The Morgan fingerprint density at radius 3 is 2.38 bits per heavy atom. The molecule has 1 aromatic carbocycles. The Kier molecular flexibility index (Phi) is 4.92. The first-order valence-corrected chi connectivity index (χ1v) is 6.84. The number of furan rings is 1. The Labute approximate surface area is 137 Å². The summed E-state index contributed by atoms with van der Waals surface area (Å²) in [5.74, 6) is -0.182. The summed E-state index contributed by atoms with van der Waals surface area (Å²) in [7, 11) is 0. The average Bonchev–Trinajstić information content (AvgIpc) is 3.00. The van der Waals surface area contributed by atoms with Crippen LogP contribution in [0.3, 0.4) is 0 Å². The molecule has 0 aliphatic heterocycles. The second kappa shape index (κ2) is 7.07. The number of nitriles is 1. The summed E-state index contributed by atoms with van der Waals surface area (Å²) < 4.78 is 5.55. The van der Waals surface area contributed by atoms with Crippen molar-refractivity contribution < 1.29 is 18.8 Å². The largest absolute Gasteiger partial charge is 0.457 e. The van der Waals surface area contributed by atoms with Crippen molar-refractivity contribution >= 4 is 23.8 Å². The third-order valence-electron chi connectivity index (χ3n) is 3.09. The van der Waals surface area contributed by atoms with E-state index in [4.69, 9.17) is 15.4 Å². The molecule has 0 aliphatic carbocycles. The van der Waals surface area contributed by atoms with Gasteiger partial charge in [-0.3, -0.25) is 14.9 Å². The van der Waals surface area contributed by atoms with Crippen molar-refractivity contribution in [1.82, 2.24) is 5.32 Å². The van der Waals surface area contributed by atoms with Gasteiger partial charge in [-0.2, -0.15) is 5.26 Å². The number of ketones is 1. The summed E-state index contributed by atoms with van der Waals surface area (Å²) in [5.41, 5.74) is 5.84. The Morgan fingerprint density at radius 1 is 1.17 bits per heavy atom. The number of nitrogens with zero attached hydrogens (tertiary/aromatic N) is 1.